The molecule has 0 bridgehead atoms. The Kier molecular flexibility index (Phi) is 1.04. The lowest BCUT2D eigenvalue weighted by Gasteiger charge is -2.02. The Labute approximate surface area is 61.8 Å². The van der Waals surface area contributed by atoms with Gasteiger partial charge >= 0.3 is 0 Å². The van der Waals surface area contributed by atoms with Crippen LogP contribution in [0.2, 0.25) is 0 Å². The molecule has 2 aliphatic carbocycles. The lowest BCUT2D eigenvalue weighted by molar-refractivity contribution is -0.122. The second kappa shape index (κ2) is 1.63. The third-order valence-corrected chi connectivity index (χ3v) is 3.78. The normalized spacial score (nSPS) is 52.4. The van der Waals surface area contributed by atoms with Crippen molar-refractivity contribution in [3.63, 3.8) is 0 Å². The van der Waals surface area contributed by atoms with Crippen LogP contribution in [0.1, 0.15) is 33.1 Å². The lowest BCUT2D eigenvalue weighted by atomic mass is 10.00. The van der Waals surface area contributed by atoms with Gasteiger partial charge in [0.25, 0.3) is 0 Å². The highest BCUT2D eigenvalue weighted by atomic mass is 16.1. The number of ketones is 1. The van der Waals surface area contributed by atoms with Crippen LogP contribution in [0.4, 0.5) is 0 Å². The van der Waals surface area contributed by atoms with Crippen LogP contribution in [0.5, 0.6) is 0 Å². The second-order valence-electron chi connectivity index (χ2n) is 3.89. The standard InChI is InChI=1S/C9H14O/c1-6-7(2)9(6)5-3-4-8(9)10/h6-7H,3-5H2,1-2H3/t6-,7+,9?. The van der Waals surface area contributed by atoms with Gasteiger partial charge in [-0.05, 0) is 24.7 Å². The Morgan fingerprint density at radius 3 is 2.20 bits per heavy atom. The molecule has 0 aromatic rings. The first-order valence-corrected chi connectivity index (χ1v) is 4.23. The highest BCUT2D eigenvalue weighted by Gasteiger charge is 2.64. The van der Waals surface area contributed by atoms with Crippen molar-refractivity contribution in [1.29, 1.82) is 0 Å². The number of rotatable bonds is 0. The van der Waals surface area contributed by atoms with Crippen molar-refractivity contribution in [3.05, 3.63) is 0 Å². The molecule has 1 unspecified atom stereocenters. The van der Waals surface area contributed by atoms with E-state index in [2.05, 4.69) is 13.8 Å². The summed E-state index contributed by atoms with van der Waals surface area (Å²) in [6.45, 7) is 4.43. The zero-order valence-corrected chi connectivity index (χ0v) is 6.68. The first-order chi connectivity index (χ1) is 4.69. The van der Waals surface area contributed by atoms with Crippen molar-refractivity contribution in [2.45, 2.75) is 33.1 Å². The fourth-order valence-corrected chi connectivity index (χ4v) is 2.74. The number of carbonyl (C=O) groups is 1. The molecular weight excluding hydrogens is 124 g/mol. The molecule has 2 fully saturated rings. The van der Waals surface area contributed by atoms with Crippen LogP contribution in [-0.2, 0) is 4.79 Å². The van der Waals surface area contributed by atoms with Crippen LogP contribution in [0.3, 0.4) is 0 Å². The van der Waals surface area contributed by atoms with Crippen LogP contribution in [0, 0.1) is 17.3 Å². The van der Waals surface area contributed by atoms with E-state index in [-0.39, 0.29) is 5.41 Å². The van der Waals surface area contributed by atoms with Gasteiger partial charge in [-0.2, -0.15) is 0 Å². The van der Waals surface area contributed by atoms with E-state index in [1.807, 2.05) is 0 Å². The molecule has 1 heteroatoms. The lowest BCUT2D eigenvalue weighted by Crippen LogP contribution is -2.10. The topological polar surface area (TPSA) is 17.1 Å². The fraction of sp³-hybridized carbons (Fsp3) is 0.889. The van der Waals surface area contributed by atoms with Crippen LogP contribution in [-0.4, -0.2) is 5.78 Å². The van der Waals surface area contributed by atoms with Gasteiger partial charge < -0.3 is 0 Å². The summed E-state index contributed by atoms with van der Waals surface area (Å²) < 4.78 is 0. The molecule has 0 radical (unpaired) electrons. The smallest absolute Gasteiger partial charge is 0.139 e. The van der Waals surface area contributed by atoms with Crippen LogP contribution in [0.25, 0.3) is 0 Å². The van der Waals surface area contributed by atoms with Crippen molar-refractivity contribution in [1.82, 2.24) is 0 Å². The van der Waals surface area contributed by atoms with Crippen molar-refractivity contribution in [3.8, 4) is 0 Å². The van der Waals surface area contributed by atoms with Crippen molar-refractivity contribution in [2.24, 2.45) is 17.3 Å². The summed E-state index contributed by atoms with van der Waals surface area (Å²) in [6, 6.07) is 0. The predicted molar refractivity (Wildman–Crippen MR) is 39.6 cm³/mol. The molecule has 2 rings (SSSR count). The molecule has 0 aliphatic heterocycles. The molecule has 10 heavy (non-hydrogen) atoms. The van der Waals surface area contributed by atoms with E-state index in [0.717, 1.165) is 12.8 Å². The summed E-state index contributed by atoms with van der Waals surface area (Å²) in [6.07, 6.45) is 3.18. The van der Waals surface area contributed by atoms with Gasteiger partial charge in [0, 0.05) is 11.8 Å². The van der Waals surface area contributed by atoms with E-state index >= 15 is 0 Å². The second-order valence-corrected chi connectivity index (χ2v) is 3.89. The van der Waals surface area contributed by atoms with E-state index < -0.39 is 0 Å². The van der Waals surface area contributed by atoms with E-state index in [0.29, 0.717) is 17.6 Å². The Morgan fingerprint density at radius 2 is 2.00 bits per heavy atom. The molecular formula is C9H14O. The van der Waals surface area contributed by atoms with E-state index in [9.17, 15) is 4.79 Å². The average molecular weight is 138 g/mol. The quantitative estimate of drug-likeness (QED) is 0.500. The van der Waals surface area contributed by atoms with Gasteiger partial charge in [0.05, 0.1) is 0 Å². The van der Waals surface area contributed by atoms with Gasteiger partial charge in [0.1, 0.15) is 5.78 Å². The maximum absolute atomic E-state index is 11.4. The summed E-state index contributed by atoms with van der Waals surface area (Å²) >= 11 is 0. The summed E-state index contributed by atoms with van der Waals surface area (Å²) in [5.74, 6) is 1.91. The molecule has 0 saturated heterocycles. The molecule has 0 N–H and O–H groups in total. The minimum Gasteiger partial charge on any atom is -0.299 e. The van der Waals surface area contributed by atoms with E-state index in [1.54, 1.807) is 0 Å². The molecule has 0 aromatic carbocycles. The highest BCUT2D eigenvalue weighted by Crippen LogP contribution is 2.65. The minimum absolute atomic E-state index is 0.181. The van der Waals surface area contributed by atoms with E-state index in [1.165, 1.54) is 6.42 Å². The molecule has 2 aliphatic rings. The Balaban J connectivity index is 2.25. The fourth-order valence-electron chi connectivity index (χ4n) is 2.74. The zero-order chi connectivity index (χ0) is 7.35. The molecule has 56 valence electrons. The van der Waals surface area contributed by atoms with Crippen molar-refractivity contribution in [2.75, 3.05) is 0 Å². The van der Waals surface area contributed by atoms with Crippen molar-refractivity contribution >= 4 is 5.78 Å². The largest absolute Gasteiger partial charge is 0.299 e. The summed E-state index contributed by atoms with van der Waals surface area (Å²) in [5.41, 5.74) is 0.181. The molecule has 3 atom stereocenters. The Hall–Kier alpha value is -0.330. The van der Waals surface area contributed by atoms with Gasteiger partial charge in [-0.3, -0.25) is 4.79 Å². The Bertz CT molecular complexity index is 175. The predicted octanol–water partition coefficient (Wildman–Crippen LogP) is 2.01. The average Bonchev–Trinajstić information content (AvgIpc) is 2.28. The van der Waals surface area contributed by atoms with Crippen molar-refractivity contribution < 1.29 is 4.79 Å². The van der Waals surface area contributed by atoms with Gasteiger partial charge in [-0.25, -0.2) is 0 Å². The maximum Gasteiger partial charge on any atom is 0.139 e. The number of hydrogen-bond acceptors (Lipinski definition) is 1. The maximum atomic E-state index is 11.4. The molecule has 0 amide bonds. The summed E-state index contributed by atoms with van der Waals surface area (Å²) in [7, 11) is 0. The monoisotopic (exact) mass is 138 g/mol. The van der Waals surface area contributed by atoms with Crippen LogP contribution in [0.15, 0.2) is 0 Å². The van der Waals surface area contributed by atoms with E-state index in [4.69, 9.17) is 0 Å². The third kappa shape index (κ3) is 0.480. The number of hydrogen-bond donors (Lipinski definition) is 0. The molecule has 0 heterocycles. The number of carbonyl (C=O) groups excluding carboxylic acids is 1. The summed E-state index contributed by atoms with van der Waals surface area (Å²) in [5, 5.41) is 0. The van der Waals surface area contributed by atoms with Gasteiger partial charge in [0.15, 0.2) is 0 Å². The SMILES string of the molecule is C[C@@H]1[C@H](C)C12CCCC2=O. The summed E-state index contributed by atoms with van der Waals surface area (Å²) in [4.78, 5) is 11.4. The highest BCUT2D eigenvalue weighted by molar-refractivity contribution is 5.90. The first kappa shape index (κ1) is 6.38. The minimum atomic E-state index is 0.181. The molecule has 1 nitrogen and oxygen atoms in total. The Morgan fingerprint density at radius 1 is 1.40 bits per heavy atom. The van der Waals surface area contributed by atoms with Crippen LogP contribution < -0.4 is 0 Å². The molecule has 1 spiro atoms. The molecule has 2 saturated carbocycles. The molecule has 0 aromatic heterocycles. The third-order valence-electron chi connectivity index (χ3n) is 3.78. The zero-order valence-electron chi connectivity index (χ0n) is 6.68. The van der Waals surface area contributed by atoms with Gasteiger partial charge in [-0.1, -0.05) is 13.8 Å². The number of Topliss-reactive ketones (excluding diaryl/α,β-unsaturated/α-hetero) is 1. The first-order valence-electron chi connectivity index (χ1n) is 4.23. The van der Waals surface area contributed by atoms with Gasteiger partial charge in [0.2, 0.25) is 0 Å². The van der Waals surface area contributed by atoms with Gasteiger partial charge in [-0.15, -0.1) is 0 Å². The van der Waals surface area contributed by atoms with Crippen LogP contribution >= 0.6 is 0 Å².